The van der Waals surface area contributed by atoms with Crippen LogP contribution >= 0.6 is 0 Å². The Balaban J connectivity index is 3.08. The van der Waals surface area contributed by atoms with Crippen molar-refractivity contribution in [3.8, 4) is 0 Å². The lowest BCUT2D eigenvalue weighted by Gasteiger charge is -2.02. The quantitative estimate of drug-likeness (QED) is 0.754. The van der Waals surface area contributed by atoms with Crippen LogP contribution in [0.1, 0.15) is 30.8 Å². The Morgan fingerprint density at radius 2 is 2.00 bits per heavy atom. The van der Waals surface area contributed by atoms with Crippen LogP contribution in [-0.4, -0.2) is 16.3 Å². The van der Waals surface area contributed by atoms with Gasteiger partial charge in [0, 0.05) is 12.7 Å². The molecule has 3 nitrogen and oxygen atoms in total. The van der Waals surface area contributed by atoms with E-state index in [0.717, 1.165) is 19.3 Å². The van der Waals surface area contributed by atoms with Crippen LogP contribution in [0, 0.1) is 0 Å². The molecule has 13 heavy (non-hydrogen) atoms. The minimum Gasteiger partial charge on any atom is -0.330 e. The van der Waals surface area contributed by atoms with Gasteiger partial charge in [-0.1, -0.05) is 13.8 Å². The predicted octanol–water partition coefficient (Wildman–Crippen LogP) is 1.05. The summed E-state index contributed by atoms with van der Waals surface area (Å²) in [6.07, 6.45) is 3.00. The van der Waals surface area contributed by atoms with Gasteiger partial charge in [0.1, 0.15) is 0 Å². The molecule has 0 bridgehead atoms. The highest BCUT2D eigenvalue weighted by Gasteiger charge is 2.11. The van der Waals surface area contributed by atoms with Crippen molar-refractivity contribution >= 4 is 0 Å². The Morgan fingerprint density at radius 3 is 2.46 bits per heavy atom. The lowest BCUT2D eigenvalue weighted by atomic mass is 10.1. The SMILES string of the molecule is CCc1nn(C)c(CC)c1CCN. The van der Waals surface area contributed by atoms with Gasteiger partial charge in [0.2, 0.25) is 0 Å². The zero-order valence-corrected chi connectivity index (χ0v) is 8.80. The summed E-state index contributed by atoms with van der Waals surface area (Å²) in [6, 6.07) is 0. The van der Waals surface area contributed by atoms with Crippen LogP contribution in [0.5, 0.6) is 0 Å². The average Bonchev–Trinajstić information content (AvgIpc) is 2.43. The van der Waals surface area contributed by atoms with Crippen molar-refractivity contribution in [1.82, 2.24) is 9.78 Å². The lowest BCUT2D eigenvalue weighted by molar-refractivity contribution is 0.703. The first-order chi connectivity index (χ1) is 6.24. The highest BCUT2D eigenvalue weighted by Crippen LogP contribution is 2.15. The maximum absolute atomic E-state index is 5.58. The molecular weight excluding hydrogens is 162 g/mol. The molecule has 0 unspecified atom stereocenters. The van der Waals surface area contributed by atoms with Gasteiger partial charge in [-0.05, 0) is 31.4 Å². The van der Waals surface area contributed by atoms with Gasteiger partial charge in [-0.15, -0.1) is 0 Å². The summed E-state index contributed by atoms with van der Waals surface area (Å²) in [6.45, 7) is 5.02. The van der Waals surface area contributed by atoms with Crippen molar-refractivity contribution in [3.05, 3.63) is 17.0 Å². The van der Waals surface area contributed by atoms with Crippen molar-refractivity contribution in [2.24, 2.45) is 12.8 Å². The van der Waals surface area contributed by atoms with Gasteiger partial charge in [0.05, 0.1) is 5.69 Å². The summed E-state index contributed by atoms with van der Waals surface area (Å²) < 4.78 is 1.99. The van der Waals surface area contributed by atoms with E-state index >= 15 is 0 Å². The third-order valence-electron chi connectivity index (χ3n) is 2.42. The summed E-state index contributed by atoms with van der Waals surface area (Å²) in [4.78, 5) is 0. The molecule has 0 aliphatic heterocycles. The molecule has 74 valence electrons. The molecule has 0 fully saturated rings. The van der Waals surface area contributed by atoms with Gasteiger partial charge in [-0.3, -0.25) is 4.68 Å². The summed E-state index contributed by atoms with van der Waals surface area (Å²) in [5, 5.41) is 4.48. The third-order valence-corrected chi connectivity index (χ3v) is 2.42. The topological polar surface area (TPSA) is 43.8 Å². The molecule has 0 saturated carbocycles. The van der Waals surface area contributed by atoms with E-state index in [1.165, 1.54) is 17.0 Å². The zero-order chi connectivity index (χ0) is 9.84. The second kappa shape index (κ2) is 4.42. The fraction of sp³-hybridized carbons (Fsp3) is 0.700. The van der Waals surface area contributed by atoms with E-state index < -0.39 is 0 Å². The normalized spacial score (nSPS) is 10.8. The molecule has 1 aromatic rings. The molecule has 1 rings (SSSR count). The van der Waals surface area contributed by atoms with Crippen molar-refractivity contribution in [1.29, 1.82) is 0 Å². The largest absolute Gasteiger partial charge is 0.330 e. The van der Waals surface area contributed by atoms with E-state index in [9.17, 15) is 0 Å². The molecule has 0 atom stereocenters. The van der Waals surface area contributed by atoms with Crippen LogP contribution in [-0.2, 0) is 26.3 Å². The fourth-order valence-electron chi connectivity index (χ4n) is 1.82. The van der Waals surface area contributed by atoms with Gasteiger partial charge in [0.25, 0.3) is 0 Å². The molecule has 0 radical (unpaired) electrons. The monoisotopic (exact) mass is 181 g/mol. The zero-order valence-electron chi connectivity index (χ0n) is 8.80. The van der Waals surface area contributed by atoms with Crippen molar-refractivity contribution in [3.63, 3.8) is 0 Å². The summed E-state index contributed by atoms with van der Waals surface area (Å²) in [7, 11) is 2.01. The lowest BCUT2D eigenvalue weighted by Crippen LogP contribution is -2.06. The third kappa shape index (κ3) is 1.91. The van der Waals surface area contributed by atoms with Crippen LogP contribution < -0.4 is 5.73 Å². The van der Waals surface area contributed by atoms with Crippen LogP contribution in [0.15, 0.2) is 0 Å². The van der Waals surface area contributed by atoms with Crippen molar-refractivity contribution in [2.75, 3.05) is 6.54 Å². The van der Waals surface area contributed by atoms with E-state index in [1.807, 2.05) is 11.7 Å². The van der Waals surface area contributed by atoms with Crippen LogP contribution in [0.3, 0.4) is 0 Å². The smallest absolute Gasteiger partial charge is 0.0657 e. The van der Waals surface area contributed by atoms with Gasteiger partial charge in [0.15, 0.2) is 0 Å². The Morgan fingerprint density at radius 1 is 1.31 bits per heavy atom. The Kier molecular flexibility index (Phi) is 3.48. The number of nitrogens with zero attached hydrogens (tertiary/aromatic N) is 2. The van der Waals surface area contributed by atoms with Gasteiger partial charge in [-0.2, -0.15) is 5.10 Å². The molecule has 0 spiro atoms. The first-order valence-electron chi connectivity index (χ1n) is 4.98. The molecule has 1 aromatic heterocycles. The molecule has 0 saturated heterocycles. The highest BCUT2D eigenvalue weighted by atomic mass is 15.3. The molecule has 2 N–H and O–H groups in total. The Bertz CT molecular complexity index is 276. The molecule has 0 amide bonds. The maximum atomic E-state index is 5.58. The molecule has 0 aromatic carbocycles. The molecule has 0 aliphatic rings. The first-order valence-corrected chi connectivity index (χ1v) is 4.98. The number of aromatic nitrogens is 2. The summed E-state index contributed by atoms with van der Waals surface area (Å²) in [5.74, 6) is 0. The number of rotatable bonds is 4. The standard InChI is InChI=1S/C10H19N3/c1-4-9-8(6-7-11)10(5-2)13(3)12-9/h4-7,11H2,1-3H3. The van der Waals surface area contributed by atoms with Gasteiger partial charge < -0.3 is 5.73 Å². The molecular formula is C10H19N3. The van der Waals surface area contributed by atoms with E-state index in [2.05, 4.69) is 18.9 Å². The van der Waals surface area contributed by atoms with Crippen molar-refractivity contribution < 1.29 is 0 Å². The number of nitrogens with two attached hydrogens (primary N) is 1. The minimum atomic E-state index is 0.714. The number of hydrogen-bond donors (Lipinski definition) is 1. The maximum Gasteiger partial charge on any atom is 0.0657 e. The Hall–Kier alpha value is -0.830. The van der Waals surface area contributed by atoms with Crippen LogP contribution in [0.2, 0.25) is 0 Å². The van der Waals surface area contributed by atoms with Crippen molar-refractivity contribution in [2.45, 2.75) is 33.1 Å². The van der Waals surface area contributed by atoms with E-state index in [0.29, 0.717) is 6.54 Å². The Labute approximate surface area is 79.9 Å². The van der Waals surface area contributed by atoms with E-state index in [4.69, 9.17) is 5.73 Å². The minimum absolute atomic E-state index is 0.714. The van der Waals surface area contributed by atoms with E-state index in [-0.39, 0.29) is 0 Å². The van der Waals surface area contributed by atoms with Crippen LogP contribution in [0.25, 0.3) is 0 Å². The molecule has 3 heteroatoms. The average molecular weight is 181 g/mol. The van der Waals surface area contributed by atoms with E-state index in [1.54, 1.807) is 0 Å². The van der Waals surface area contributed by atoms with Gasteiger partial charge in [-0.25, -0.2) is 0 Å². The second-order valence-corrected chi connectivity index (χ2v) is 3.24. The first kappa shape index (κ1) is 10.3. The number of aryl methyl sites for hydroxylation is 2. The fourth-order valence-corrected chi connectivity index (χ4v) is 1.82. The summed E-state index contributed by atoms with van der Waals surface area (Å²) >= 11 is 0. The predicted molar refractivity (Wildman–Crippen MR) is 54.7 cm³/mol. The van der Waals surface area contributed by atoms with Crippen LogP contribution in [0.4, 0.5) is 0 Å². The number of hydrogen-bond acceptors (Lipinski definition) is 2. The van der Waals surface area contributed by atoms with Gasteiger partial charge >= 0.3 is 0 Å². The molecule has 1 heterocycles. The highest BCUT2D eigenvalue weighted by molar-refractivity contribution is 5.26. The summed E-state index contributed by atoms with van der Waals surface area (Å²) in [5.41, 5.74) is 9.50. The molecule has 0 aliphatic carbocycles. The second-order valence-electron chi connectivity index (χ2n) is 3.24.